The monoisotopic (exact) mass is 404 g/mol. The highest BCUT2D eigenvalue weighted by Gasteiger charge is 2.25. The maximum absolute atomic E-state index is 12.5. The fourth-order valence-electron chi connectivity index (χ4n) is 4.39. The van der Waals surface area contributed by atoms with Gasteiger partial charge in [0.15, 0.2) is 4.77 Å². The summed E-state index contributed by atoms with van der Waals surface area (Å²) in [6.45, 7) is 8.58. The van der Waals surface area contributed by atoms with E-state index in [1.54, 1.807) is 0 Å². The number of piperazine rings is 1. The van der Waals surface area contributed by atoms with Crippen molar-refractivity contribution in [1.29, 1.82) is 0 Å². The zero-order chi connectivity index (χ0) is 19.0. The highest BCUT2D eigenvalue weighted by Crippen LogP contribution is 2.32. The Bertz CT molecular complexity index is 853. The molecule has 1 saturated carbocycles. The van der Waals surface area contributed by atoms with Crippen molar-refractivity contribution in [1.82, 2.24) is 18.9 Å². The van der Waals surface area contributed by atoms with Crippen LogP contribution in [0.5, 0.6) is 0 Å². The summed E-state index contributed by atoms with van der Waals surface area (Å²) in [7, 11) is 0. The number of hydrogen-bond donors (Lipinski definition) is 0. The van der Waals surface area contributed by atoms with Crippen LogP contribution >= 0.6 is 23.6 Å². The Hall–Kier alpha value is -1.44. The molecule has 0 unspecified atom stereocenters. The van der Waals surface area contributed by atoms with Gasteiger partial charge in [0, 0.05) is 43.6 Å². The summed E-state index contributed by atoms with van der Waals surface area (Å²) < 4.78 is 5.66. The van der Waals surface area contributed by atoms with Crippen molar-refractivity contribution in [2.45, 2.75) is 52.2 Å². The lowest BCUT2D eigenvalue weighted by Gasteiger charge is -2.34. The highest BCUT2D eigenvalue weighted by molar-refractivity contribution is 7.71. The van der Waals surface area contributed by atoms with Gasteiger partial charge in [-0.25, -0.2) is 0 Å². The molecule has 2 aromatic heterocycles. The molecule has 0 aromatic carbocycles. The average Bonchev–Trinajstić information content (AvgIpc) is 3.42. The maximum atomic E-state index is 12.5. The van der Waals surface area contributed by atoms with Crippen LogP contribution < -0.4 is 0 Å². The van der Waals surface area contributed by atoms with E-state index in [0.29, 0.717) is 6.04 Å². The van der Waals surface area contributed by atoms with Crippen molar-refractivity contribution in [3.05, 3.63) is 38.5 Å². The normalized spacial score (nSPS) is 19.1. The molecule has 1 aliphatic heterocycles. The Morgan fingerprint density at radius 1 is 1.15 bits per heavy atom. The molecule has 7 heteroatoms. The first kappa shape index (κ1) is 18.9. The topological polar surface area (TPSA) is 33.4 Å². The number of thiophene rings is 1. The summed E-state index contributed by atoms with van der Waals surface area (Å²) in [5.41, 5.74) is 2.60. The lowest BCUT2D eigenvalue weighted by atomic mass is 10.2. The third-order valence-electron chi connectivity index (χ3n) is 6.15. The fraction of sp³-hybridized carbons (Fsp3) is 0.600. The van der Waals surface area contributed by atoms with Crippen LogP contribution in [-0.2, 0) is 6.67 Å². The number of imidazole rings is 1. The predicted octanol–water partition coefficient (Wildman–Crippen LogP) is 4.23. The Labute approximate surface area is 170 Å². The molecule has 0 atom stereocenters. The number of carbonyl (C=O) groups excluding carboxylic acids is 1. The minimum Gasteiger partial charge on any atom is -0.335 e. The van der Waals surface area contributed by atoms with Crippen LogP contribution in [0.25, 0.3) is 0 Å². The van der Waals surface area contributed by atoms with Crippen molar-refractivity contribution in [3.8, 4) is 0 Å². The van der Waals surface area contributed by atoms with Gasteiger partial charge in [-0.2, -0.15) is 0 Å². The number of nitrogens with zero attached hydrogens (tertiary/aromatic N) is 4. The summed E-state index contributed by atoms with van der Waals surface area (Å²) >= 11 is 7.38. The van der Waals surface area contributed by atoms with Crippen LogP contribution in [0.4, 0.5) is 0 Å². The summed E-state index contributed by atoms with van der Waals surface area (Å²) in [6, 6.07) is 4.43. The first-order chi connectivity index (χ1) is 13.1. The lowest BCUT2D eigenvalue weighted by Crippen LogP contribution is -2.48. The molecule has 1 saturated heterocycles. The summed E-state index contributed by atoms with van der Waals surface area (Å²) in [4.78, 5) is 17.8. The molecule has 27 heavy (non-hydrogen) atoms. The predicted molar refractivity (Wildman–Crippen MR) is 112 cm³/mol. The molecule has 0 radical (unpaired) electrons. The molecule has 2 aromatic rings. The van der Waals surface area contributed by atoms with Crippen LogP contribution in [0.3, 0.4) is 0 Å². The Morgan fingerprint density at radius 2 is 1.85 bits per heavy atom. The van der Waals surface area contributed by atoms with Crippen LogP contribution in [-0.4, -0.2) is 51.0 Å². The standard InChI is InChI=1S/C20H28N4OS2/c1-15-16(2)24(17-6-3-4-7-17)20(26)23(15)14-21-9-11-22(12-10-21)19(25)18-8-5-13-27-18/h5,8,13,17H,3-4,6-7,9-12,14H2,1-2H3. The number of carbonyl (C=O) groups is 1. The smallest absolute Gasteiger partial charge is 0.264 e. The van der Waals surface area contributed by atoms with Gasteiger partial charge in [-0.3, -0.25) is 9.69 Å². The molecule has 0 N–H and O–H groups in total. The fourth-order valence-corrected chi connectivity index (χ4v) is 5.57. The van der Waals surface area contributed by atoms with E-state index in [1.807, 2.05) is 22.4 Å². The van der Waals surface area contributed by atoms with Crippen molar-refractivity contribution in [2.24, 2.45) is 0 Å². The SMILES string of the molecule is Cc1c(C)n(C2CCCC2)c(=S)n1CN1CCN(C(=O)c2cccs2)CC1. The molecule has 2 aliphatic rings. The van der Waals surface area contributed by atoms with E-state index < -0.39 is 0 Å². The molecule has 5 nitrogen and oxygen atoms in total. The van der Waals surface area contributed by atoms with Gasteiger partial charge in [0.2, 0.25) is 0 Å². The maximum Gasteiger partial charge on any atom is 0.264 e. The van der Waals surface area contributed by atoms with Gasteiger partial charge in [0.1, 0.15) is 0 Å². The Kier molecular flexibility index (Phi) is 5.53. The van der Waals surface area contributed by atoms with Crippen molar-refractivity contribution in [2.75, 3.05) is 26.2 Å². The molecule has 0 bridgehead atoms. The van der Waals surface area contributed by atoms with E-state index in [2.05, 4.69) is 27.9 Å². The van der Waals surface area contributed by atoms with Crippen molar-refractivity contribution >= 4 is 29.5 Å². The minimum absolute atomic E-state index is 0.167. The van der Waals surface area contributed by atoms with Gasteiger partial charge < -0.3 is 14.0 Å². The third kappa shape index (κ3) is 3.65. The van der Waals surface area contributed by atoms with Gasteiger partial charge >= 0.3 is 0 Å². The number of hydrogen-bond acceptors (Lipinski definition) is 4. The second-order valence-electron chi connectivity index (χ2n) is 7.72. The molecule has 0 spiro atoms. The molecular weight excluding hydrogens is 376 g/mol. The molecule has 4 rings (SSSR count). The summed E-state index contributed by atoms with van der Waals surface area (Å²) in [6.07, 6.45) is 5.14. The Balaban J connectivity index is 1.43. The first-order valence-electron chi connectivity index (χ1n) is 9.89. The van der Waals surface area contributed by atoms with Crippen molar-refractivity contribution < 1.29 is 4.79 Å². The number of rotatable bonds is 4. The average molecular weight is 405 g/mol. The summed E-state index contributed by atoms with van der Waals surface area (Å²) in [5, 5.41) is 1.96. The van der Waals surface area contributed by atoms with E-state index in [-0.39, 0.29) is 5.91 Å². The highest BCUT2D eigenvalue weighted by atomic mass is 32.1. The largest absolute Gasteiger partial charge is 0.335 e. The Morgan fingerprint density at radius 3 is 2.48 bits per heavy atom. The van der Waals surface area contributed by atoms with Crippen molar-refractivity contribution in [3.63, 3.8) is 0 Å². The zero-order valence-electron chi connectivity index (χ0n) is 16.2. The zero-order valence-corrected chi connectivity index (χ0v) is 17.8. The van der Waals surface area contributed by atoms with E-state index in [9.17, 15) is 4.79 Å². The van der Waals surface area contributed by atoms with Gasteiger partial charge in [-0.05, 0) is 50.4 Å². The van der Waals surface area contributed by atoms with Crippen LogP contribution in [0, 0.1) is 18.6 Å². The minimum atomic E-state index is 0.167. The van der Waals surface area contributed by atoms with Gasteiger partial charge in [-0.15, -0.1) is 11.3 Å². The molecule has 3 heterocycles. The van der Waals surface area contributed by atoms with Crippen LogP contribution in [0.1, 0.15) is 52.8 Å². The molecular formula is C20H28N4OS2. The molecule has 2 fully saturated rings. The molecule has 1 aliphatic carbocycles. The second kappa shape index (κ2) is 7.89. The van der Waals surface area contributed by atoms with E-state index in [4.69, 9.17) is 12.2 Å². The van der Waals surface area contributed by atoms with E-state index in [1.165, 1.54) is 48.4 Å². The van der Waals surface area contributed by atoms with Gasteiger partial charge in [0.05, 0.1) is 11.5 Å². The lowest BCUT2D eigenvalue weighted by molar-refractivity contribution is 0.0596. The molecule has 146 valence electrons. The number of amides is 1. The molecule has 1 amide bonds. The van der Waals surface area contributed by atoms with E-state index in [0.717, 1.165) is 42.5 Å². The van der Waals surface area contributed by atoms with Crippen LogP contribution in [0.15, 0.2) is 17.5 Å². The number of aromatic nitrogens is 2. The first-order valence-corrected chi connectivity index (χ1v) is 11.2. The van der Waals surface area contributed by atoms with E-state index >= 15 is 0 Å². The third-order valence-corrected chi connectivity index (χ3v) is 7.42. The second-order valence-corrected chi connectivity index (χ2v) is 9.03. The summed E-state index contributed by atoms with van der Waals surface area (Å²) in [5.74, 6) is 0.167. The quantitative estimate of drug-likeness (QED) is 0.715. The van der Waals surface area contributed by atoms with Gasteiger partial charge in [0.25, 0.3) is 5.91 Å². The van der Waals surface area contributed by atoms with Gasteiger partial charge in [-0.1, -0.05) is 18.9 Å². The van der Waals surface area contributed by atoms with Crippen LogP contribution in [0.2, 0.25) is 0 Å².